The van der Waals surface area contributed by atoms with E-state index < -0.39 is 0 Å². The SMILES string of the molecule is O=C(CCc1ccc2c(n1)[nH]c1ccncc12)NCCOCCOCCOCCNCc1ccc2cc(CCc3ccccc3)oc2c1. The summed E-state index contributed by atoms with van der Waals surface area (Å²) < 4.78 is 22.9. The first-order chi connectivity index (χ1) is 23.7. The van der Waals surface area contributed by atoms with E-state index in [1.54, 1.807) is 6.20 Å². The van der Waals surface area contributed by atoms with E-state index in [1.807, 2.05) is 30.5 Å². The van der Waals surface area contributed by atoms with Crippen LogP contribution >= 0.6 is 0 Å². The van der Waals surface area contributed by atoms with Gasteiger partial charge in [0.05, 0.1) is 45.2 Å². The molecule has 0 aliphatic heterocycles. The van der Waals surface area contributed by atoms with E-state index in [4.69, 9.17) is 18.6 Å². The predicted octanol–water partition coefficient (Wildman–Crippen LogP) is 5.53. The molecule has 10 heteroatoms. The maximum absolute atomic E-state index is 12.2. The molecule has 48 heavy (non-hydrogen) atoms. The quantitative estimate of drug-likeness (QED) is 0.0923. The first-order valence-corrected chi connectivity index (χ1v) is 16.7. The summed E-state index contributed by atoms with van der Waals surface area (Å²) in [6.45, 7) is 5.00. The number of pyridine rings is 2. The van der Waals surface area contributed by atoms with Crippen LogP contribution in [0.4, 0.5) is 0 Å². The molecule has 6 aromatic rings. The number of carbonyl (C=O) groups is 1. The summed E-state index contributed by atoms with van der Waals surface area (Å²) in [5, 5.41) is 9.54. The fraction of sp³-hybridized carbons (Fsp3) is 0.342. The second-order valence-electron chi connectivity index (χ2n) is 11.7. The summed E-state index contributed by atoms with van der Waals surface area (Å²) in [7, 11) is 0. The van der Waals surface area contributed by atoms with Gasteiger partial charge >= 0.3 is 0 Å². The van der Waals surface area contributed by atoms with Gasteiger partial charge in [-0.1, -0.05) is 42.5 Å². The monoisotopic (exact) mass is 649 g/mol. The summed E-state index contributed by atoms with van der Waals surface area (Å²) in [4.78, 5) is 24.4. The Morgan fingerprint density at radius 2 is 1.58 bits per heavy atom. The van der Waals surface area contributed by atoms with E-state index in [9.17, 15) is 4.79 Å². The van der Waals surface area contributed by atoms with Gasteiger partial charge in [0.15, 0.2) is 0 Å². The van der Waals surface area contributed by atoms with Crippen LogP contribution in [0.5, 0.6) is 0 Å². The van der Waals surface area contributed by atoms with Crippen molar-refractivity contribution < 1.29 is 23.4 Å². The highest BCUT2D eigenvalue weighted by molar-refractivity contribution is 6.05. The number of benzene rings is 2. The highest BCUT2D eigenvalue weighted by Gasteiger charge is 2.09. The van der Waals surface area contributed by atoms with E-state index in [1.165, 1.54) is 11.1 Å². The Balaban J connectivity index is 0.739. The first-order valence-electron chi connectivity index (χ1n) is 16.7. The average molecular weight is 650 g/mol. The Morgan fingerprint density at radius 1 is 0.771 bits per heavy atom. The van der Waals surface area contributed by atoms with Gasteiger partial charge in [0.2, 0.25) is 5.91 Å². The molecule has 0 aliphatic carbocycles. The second-order valence-corrected chi connectivity index (χ2v) is 11.7. The summed E-state index contributed by atoms with van der Waals surface area (Å²) in [6.07, 6.45) is 6.39. The fourth-order valence-corrected chi connectivity index (χ4v) is 5.58. The normalized spacial score (nSPS) is 11.6. The lowest BCUT2D eigenvalue weighted by atomic mass is 10.1. The number of fused-ring (bicyclic) bond motifs is 4. The number of hydrogen-bond donors (Lipinski definition) is 3. The Morgan fingerprint density at radius 3 is 2.44 bits per heavy atom. The lowest BCUT2D eigenvalue weighted by molar-refractivity contribution is -0.121. The molecule has 0 spiro atoms. The fourth-order valence-electron chi connectivity index (χ4n) is 5.58. The Hall–Kier alpha value is -4.61. The maximum atomic E-state index is 12.2. The van der Waals surface area contributed by atoms with Gasteiger partial charge in [-0.25, -0.2) is 4.98 Å². The summed E-state index contributed by atoms with van der Waals surface area (Å²) >= 11 is 0. The van der Waals surface area contributed by atoms with Gasteiger partial charge in [0.25, 0.3) is 0 Å². The first kappa shape index (κ1) is 33.3. The van der Waals surface area contributed by atoms with Crippen LogP contribution in [0.25, 0.3) is 32.9 Å². The van der Waals surface area contributed by atoms with Crippen LogP contribution in [-0.4, -0.2) is 73.6 Å². The standard InChI is InChI=1S/C38H43N5O5/c44-37(13-10-31-9-12-33-34-27-39-15-14-35(34)43-38(33)42-31)41-17-19-46-21-23-47-22-20-45-18-16-40-26-29-6-8-30-25-32(48-36(30)24-29)11-7-28-4-2-1-3-5-28/h1-6,8-9,12,14-15,24-25,27,40H,7,10-11,13,16-23,26H2,(H,41,44)(H,42,43). The zero-order valence-corrected chi connectivity index (χ0v) is 27.2. The minimum Gasteiger partial charge on any atom is -0.461 e. The number of rotatable bonds is 20. The summed E-state index contributed by atoms with van der Waals surface area (Å²) in [5.41, 5.74) is 6.13. The van der Waals surface area contributed by atoms with Crippen LogP contribution in [0, 0.1) is 0 Å². The van der Waals surface area contributed by atoms with E-state index in [0.29, 0.717) is 59.0 Å². The van der Waals surface area contributed by atoms with Crippen molar-refractivity contribution in [3.63, 3.8) is 0 Å². The third-order valence-electron chi connectivity index (χ3n) is 8.13. The summed E-state index contributed by atoms with van der Waals surface area (Å²) in [5.74, 6) is 0.996. The molecule has 4 heterocycles. The van der Waals surface area contributed by atoms with Crippen molar-refractivity contribution in [2.75, 3.05) is 52.7 Å². The van der Waals surface area contributed by atoms with Crippen molar-refractivity contribution in [2.45, 2.75) is 32.2 Å². The van der Waals surface area contributed by atoms with E-state index >= 15 is 0 Å². The van der Waals surface area contributed by atoms with Crippen molar-refractivity contribution in [3.05, 3.63) is 108 Å². The number of furan rings is 1. The summed E-state index contributed by atoms with van der Waals surface area (Å²) in [6, 6.07) is 24.9. The predicted molar refractivity (Wildman–Crippen MR) is 187 cm³/mol. The van der Waals surface area contributed by atoms with Crippen LogP contribution in [0.15, 0.2) is 89.6 Å². The molecule has 0 saturated heterocycles. The van der Waals surface area contributed by atoms with E-state index in [2.05, 4.69) is 74.1 Å². The zero-order chi connectivity index (χ0) is 32.8. The van der Waals surface area contributed by atoms with Gasteiger partial charge in [-0.2, -0.15) is 0 Å². The van der Waals surface area contributed by atoms with Crippen LogP contribution in [0.2, 0.25) is 0 Å². The number of amides is 1. The molecule has 3 N–H and O–H groups in total. The van der Waals surface area contributed by atoms with Crippen molar-refractivity contribution in [3.8, 4) is 0 Å². The molecular formula is C38H43N5O5. The van der Waals surface area contributed by atoms with Gasteiger partial charge in [-0.15, -0.1) is 0 Å². The molecule has 0 atom stereocenters. The lowest BCUT2D eigenvalue weighted by Gasteiger charge is -2.08. The van der Waals surface area contributed by atoms with Gasteiger partial charge in [0, 0.05) is 66.7 Å². The Kier molecular flexibility index (Phi) is 12.2. The minimum absolute atomic E-state index is 0.0217. The Labute approximate surface area is 280 Å². The number of aromatic amines is 1. The number of ether oxygens (including phenoxy) is 3. The van der Waals surface area contributed by atoms with Crippen LogP contribution < -0.4 is 10.6 Å². The molecule has 0 bridgehead atoms. The van der Waals surface area contributed by atoms with Gasteiger partial charge in [0.1, 0.15) is 17.0 Å². The third-order valence-corrected chi connectivity index (χ3v) is 8.13. The smallest absolute Gasteiger partial charge is 0.220 e. The molecule has 250 valence electrons. The zero-order valence-electron chi connectivity index (χ0n) is 27.2. The van der Waals surface area contributed by atoms with Crippen LogP contribution in [0.3, 0.4) is 0 Å². The number of nitrogens with one attached hydrogen (secondary N) is 3. The van der Waals surface area contributed by atoms with Gasteiger partial charge < -0.3 is 34.2 Å². The molecule has 0 aliphatic rings. The topological polar surface area (TPSA) is 124 Å². The van der Waals surface area contributed by atoms with Crippen molar-refractivity contribution >= 4 is 38.8 Å². The van der Waals surface area contributed by atoms with Crippen LogP contribution in [0.1, 0.15) is 29.0 Å². The molecule has 0 unspecified atom stereocenters. The van der Waals surface area contributed by atoms with Crippen molar-refractivity contribution in [2.24, 2.45) is 0 Å². The highest BCUT2D eigenvalue weighted by atomic mass is 16.5. The number of aromatic nitrogens is 3. The molecule has 2 aromatic carbocycles. The number of nitrogens with zero attached hydrogens (tertiary/aromatic N) is 2. The van der Waals surface area contributed by atoms with Crippen molar-refractivity contribution in [1.82, 2.24) is 25.6 Å². The largest absolute Gasteiger partial charge is 0.461 e. The highest BCUT2D eigenvalue weighted by Crippen LogP contribution is 2.24. The third kappa shape index (κ3) is 9.71. The van der Waals surface area contributed by atoms with Crippen LogP contribution in [-0.2, 0) is 44.8 Å². The van der Waals surface area contributed by atoms with E-state index in [0.717, 1.165) is 70.3 Å². The average Bonchev–Trinajstić information content (AvgIpc) is 3.70. The number of aryl methyl sites for hydroxylation is 3. The number of carbonyl (C=O) groups excluding carboxylic acids is 1. The minimum atomic E-state index is -0.0217. The molecule has 0 radical (unpaired) electrons. The molecule has 0 fully saturated rings. The second kappa shape index (κ2) is 17.5. The molecule has 4 aromatic heterocycles. The molecule has 6 rings (SSSR count). The lowest BCUT2D eigenvalue weighted by Crippen LogP contribution is -2.28. The molecule has 0 saturated carbocycles. The maximum Gasteiger partial charge on any atom is 0.220 e. The number of hydrogen-bond acceptors (Lipinski definition) is 8. The molecular weight excluding hydrogens is 606 g/mol. The van der Waals surface area contributed by atoms with Gasteiger partial charge in [-0.3, -0.25) is 9.78 Å². The Bertz CT molecular complexity index is 1890. The molecule has 1 amide bonds. The van der Waals surface area contributed by atoms with E-state index in [-0.39, 0.29) is 5.91 Å². The number of H-pyrrole nitrogens is 1. The van der Waals surface area contributed by atoms with Gasteiger partial charge in [-0.05, 0) is 54.3 Å². The molecule has 10 nitrogen and oxygen atoms in total. The van der Waals surface area contributed by atoms with Crippen molar-refractivity contribution in [1.29, 1.82) is 0 Å².